The third-order valence-corrected chi connectivity index (χ3v) is 5.31. The topological polar surface area (TPSA) is 65.9 Å². The molecule has 1 atom stereocenters. The Morgan fingerprint density at radius 1 is 1.31 bits per heavy atom. The van der Waals surface area contributed by atoms with Gasteiger partial charge in [0, 0.05) is 19.6 Å². The SMILES string of the molecule is CCNC(=NCC1(C2CC2)CC1)NCC(O)c1cccc(OC(C)C)c1. The van der Waals surface area contributed by atoms with Crippen LogP contribution in [0.3, 0.4) is 0 Å². The standard InChI is InChI=1S/C21H33N3O2/c1-4-22-20(24-14-21(10-11-21)17-8-9-17)23-13-19(25)16-6-5-7-18(12-16)26-15(2)3/h5-7,12,15,17,19,25H,4,8-11,13-14H2,1-3H3,(H2,22,23,24). The summed E-state index contributed by atoms with van der Waals surface area (Å²) in [5.41, 5.74) is 1.34. The number of hydrogen-bond acceptors (Lipinski definition) is 3. The first-order chi connectivity index (χ1) is 12.5. The molecule has 0 bridgehead atoms. The Morgan fingerprint density at radius 3 is 2.69 bits per heavy atom. The van der Waals surface area contributed by atoms with E-state index in [4.69, 9.17) is 9.73 Å². The molecule has 1 aromatic carbocycles. The van der Waals surface area contributed by atoms with Crippen LogP contribution in [-0.4, -0.2) is 36.8 Å². The Balaban J connectivity index is 1.54. The lowest BCUT2D eigenvalue weighted by atomic mass is 10.0. The number of hydrogen-bond donors (Lipinski definition) is 3. The Labute approximate surface area is 157 Å². The zero-order chi connectivity index (χ0) is 18.6. The van der Waals surface area contributed by atoms with Crippen molar-refractivity contribution in [3.63, 3.8) is 0 Å². The summed E-state index contributed by atoms with van der Waals surface area (Å²) in [5, 5.41) is 17.1. The number of ether oxygens (including phenoxy) is 1. The van der Waals surface area contributed by atoms with E-state index in [1.54, 1.807) is 0 Å². The van der Waals surface area contributed by atoms with E-state index in [1.807, 2.05) is 38.1 Å². The molecule has 0 heterocycles. The van der Waals surface area contributed by atoms with Crippen molar-refractivity contribution in [3.8, 4) is 5.75 Å². The number of nitrogens with zero attached hydrogens (tertiary/aromatic N) is 1. The van der Waals surface area contributed by atoms with Gasteiger partial charge in [0.05, 0.1) is 12.2 Å². The van der Waals surface area contributed by atoms with Gasteiger partial charge in [0.1, 0.15) is 5.75 Å². The molecule has 0 aromatic heterocycles. The number of guanidine groups is 1. The first kappa shape index (κ1) is 19.0. The van der Waals surface area contributed by atoms with Gasteiger partial charge in [-0.2, -0.15) is 0 Å². The summed E-state index contributed by atoms with van der Waals surface area (Å²) in [4.78, 5) is 4.79. The molecule has 0 spiro atoms. The summed E-state index contributed by atoms with van der Waals surface area (Å²) >= 11 is 0. The predicted octanol–water partition coefficient (Wildman–Crippen LogP) is 3.25. The van der Waals surface area contributed by atoms with Gasteiger partial charge in [-0.3, -0.25) is 4.99 Å². The summed E-state index contributed by atoms with van der Waals surface area (Å²) in [6.45, 7) is 8.20. The van der Waals surface area contributed by atoms with Crippen LogP contribution in [0, 0.1) is 11.3 Å². The van der Waals surface area contributed by atoms with E-state index in [0.717, 1.165) is 36.3 Å². The number of aliphatic hydroxyl groups excluding tert-OH is 1. The van der Waals surface area contributed by atoms with Crippen LogP contribution in [0.5, 0.6) is 5.75 Å². The molecule has 5 heteroatoms. The zero-order valence-corrected chi connectivity index (χ0v) is 16.3. The van der Waals surface area contributed by atoms with E-state index < -0.39 is 6.10 Å². The molecule has 26 heavy (non-hydrogen) atoms. The minimum Gasteiger partial charge on any atom is -0.491 e. The minimum atomic E-state index is -0.604. The van der Waals surface area contributed by atoms with Crippen molar-refractivity contribution in [3.05, 3.63) is 29.8 Å². The molecular formula is C21H33N3O2. The molecule has 0 aliphatic heterocycles. The number of benzene rings is 1. The average Bonchev–Trinajstić information content (AvgIpc) is 3.50. The molecule has 0 amide bonds. The van der Waals surface area contributed by atoms with Crippen LogP contribution in [0.2, 0.25) is 0 Å². The fraction of sp³-hybridized carbons (Fsp3) is 0.667. The quantitative estimate of drug-likeness (QED) is 0.468. The molecule has 3 N–H and O–H groups in total. The van der Waals surface area contributed by atoms with Crippen LogP contribution < -0.4 is 15.4 Å². The van der Waals surface area contributed by atoms with Crippen molar-refractivity contribution in [1.82, 2.24) is 10.6 Å². The fourth-order valence-corrected chi connectivity index (χ4v) is 3.51. The highest BCUT2D eigenvalue weighted by Gasteiger charge is 2.53. The van der Waals surface area contributed by atoms with Crippen molar-refractivity contribution >= 4 is 5.96 Å². The maximum Gasteiger partial charge on any atom is 0.191 e. The molecule has 0 saturated heterocycles. The van der Waals surface area contributed by atoms with E-state index in [0.29, 0.717) is 12.0 Å². The van der Waals surface area contributed by atoms with Crippen molar-refractivity contribution in [2.75, 3.05) is 19.6 Å². The molecule has 0 radical (unpaired) electrons. The lowest BCUT2D eigenvalue weighted by Crippen LogP contribution is -2.39. The van der Waals surface area contributed by atoms with Crippen LogP contribution in [-0.2, 0) is 0 Å². The van der Waals surface area contributed by atoms with E-state index >= 15 is 0 Å². The van der Waals surface area contributed by atoms with Crippen LogP contribution in [0.25, 0.3) is 0 Å². The molecule has 1 unspecified atom stereocenters. The zero-order valence-electron chi connectivity index (χ0n) is 16.3. The molecule has 2 aliphatic carbocycles. The molecule has 3 rings (SSSR count). The summed E-state index contributed by atoms with van der Waals surface area (Å²) in [6.07, 6.45) is 4.93. The van der Waals surface area contributed by atoms with Crippen molar-refractivity contribution in [2.45, 2.75) is 58.7 Å². The van der Waals surface area contributed by atoms with Gasteiger partial charge in [0.2, 0.25) is 0 Å². The summed E-state index contributed by atoms with van der Waals surface area (Å²) in [6, 6.07) is 7.67. The summed E-state index contributed by atoms with van der Waals surface area (Å²) < 4.78 is 5.71. The van der Waals surface area contributed by atoms with Crippen LogP contribution in [0.4, 0.5) is 0 Å². The smallest absolute Gasteiger partial charge is 0.191 e. The number of aliphatic hydroxyl groups is 1. The highest BCUT2D eigenvalue weighted by molar-refractivity contribution is 5.79. The lowest BCUT2D eigenvalue weighted by molar-refractivity contribution is 0.179. The highest BCUT2D eigenvalue weighted by atomic mass is 16.5. The van der Waals surface area contributed by atoms with Crippen LogP contribution in [0.15, 0.2) is 29.3 Å². The number of rotatable bonds is 9. The molecule has 144 valence electrons. The second-order valence-electron chi connectivity index (χ2n) is 7.97. The highest BCUT2D eigenvalue weighted by Crippen LogP contribution is 2.61. The third-order valence-electron chi connectivity index (χ3n) is 5.31. The van der Waals surface area contributed by atoms with Crippen molar-refractivity contribution in [2.24, 2.45) is 16.3 Å². The van der Waals surface area contributed by atoms with Crippen molar-refractivity contribution < 1.29 is 9.84 Å². The molecule has 1 aromatic rings. The van der Waals surface area contributed by atoms with Gasteiger partial charge in [-0.1, -0.05) is 12.1 Å². The maximum atomic E-state index is 10.5. The Bertz CT molecular complexity index is 621. The first-order valence-electron chi connectivity index (χ1n) is 9.99. The monoisotopic (exact) mass is 359 g/mol. The molecular weight excluding hydrogens is 326 g/mol. The van der Waals surface area contributed by atoms with Crippen LogP contribution >= 0.6 is 0 Å². The molecule has 5 nitrogen and oxygen atoms in total. The van der Waals surface area contributed by atoms with E-state index in [9.17, 15) is 5.11 Å². The van der Waals surface area contributed by atoms with Gasteiger partial charge < -0.3 is 20.5 Å². The van der Waals surface area contributed by atoms with Gasteiger partial charge >= 0.3 is 0 Å². The molecule has 2 saturated carbocycles. The van der Waals surface area contributed by atoms with E-state index in [1.165, 1.54) is 25.7 Å². The maximum absolute atomic E-state index is 10.5. The Kier molecular flexibility index (Phi) is 6.07. The van der Waals surface area contributed by atoms with Gasteiger partial charge in [-0.15, -0.1) is 0 Å². The normalized spacial score (nSPS) is 20.0. The second-order valence-corrected chi connectivity index (χ2v) is 7.97. The largest absolute Gasteiger partial charge is 0.491 e. The Morgan fingerprint density at radius 2 is 2.08 bits per heavy atom. The average molecular weight is 360 g/mol. The van der Waals surface area contributed by atoms with Gasteiger partial charge in [0.15, 0.2) is 5.96 Å². The van der Waals surface area contributed by atoms with Gasteiger partial charge in [0.25, 0.3) is 0 Å². The fourth-order valence-electron chi connectivity index (χ4n) is 3.51. The van der Waals surface area contributed by atoms with Gasteiger partial charge in [-0.25, -0.2) is 0 Å². The first-order valence-corrected chi connectivity index (χ1v) is 9.99. The molecule has 2 fully saturated rings. The van der Waals surface area contributed by atoms with E-state index in [2.05, 4.69) is 17.6 Å². The summed E-state index contributed by atoms with van der Waals surface area (Å²) in [5.74, 6) is 2.49. The van der Waals surface area contributed by atoms with Gasteiger partial charge in [-0.05, 0) is 75.5 Å². The van der Waals surface area contributed by atoms with E-state index in [-0.39, 0.29) is 6.10 Å². The third kappa shape index (κ3) is 5.13. The summed E-state index contributed by atoms with van der Waals surface area (Å²) in [7, 11) is 0. The Hall–Kier alpha value is -1.75. The van der Waals surface area contributed by atoms with Crippen molar-refractivity contribution in [1.29, 1.82) is 0 Å². The lowest BCUT2D eigenvalue weighted by Gasteiger charge is -2.18. The van der Waals surface area contributed by atoms with Crippen LogP contribution in [0.1, 0.15) is 58.1 Å². The number of aliphatic imine (C=N–C) groups is 1. The number of nitrogens with one attached hydrogen (secondary N) is 2. The minimum absolute atomic E-state index is 0.120. The second kappa shape index (κ2) is 8.30. The predicted molar refractivity (Wildman–Crippen MR) is 106 cm³/mol. The molecule has 2 aliphatic rings.